The molecule has 0 fully saturated rings. The molecule has 0 spiro atoms. The molecule has 0 bridgehead atoms. The summed E-state index contributed by atoms with van der Waals surface area (Å²) in [4.78, 5) is 4.39. The van der Waals surface area contributed by atoms with Crippen molar-refractivity contribution < 1.29 is 0 Å². The van der Waals surface area contributed by atoms with Gasteiger partial charge in [-0.2, -0.15) is 5.26 Å². The molecule has 0 aliphatic carbocycles. The molecular weight excluding hydrogens is 120 g/mol. The monoisotopic (exact) mass is 123 g/mol. The van der Waals surface area contributed by atoms with Crippen molar-refractivity contribution in [2.24, 2.45) is 0 Å². The Balaban J connectivity index is 3.05. The number of rotatable bonds is 0. The van der Waals surface area contributed by atoms with Crippen molar-refractivity contribution in [1.29, 1.82) is 5.26 Å². The minimum atomic E-state index is 0.620. The third-order valence-electron chi connectivity index (χ3n) is 0.664. The number of aromatic nitrogens is 1. The van der Waals surface area contributed by atoms with E-state index in [0.29, 0.717) is 9.88 Å². The van der Waals surface area contributed by atoms with Crippen LogP contribution in [0, 0.1) is 18.3 Å². The van der Waals surface area contributed by atoms with Gasteiger partial charge in [0.15, 0.2) is 0 Å². The van der Waals surface area contributed by atoms with E-state index in [-0.39, 0.29) is 0 Å². The second kappa shape index (κ2) is 1.93. The maximum Gasteiger partial charge on any atom is 0.124 e. The van der Waals surface area contributed by atoms with Crippen LogP contribution < -0.4 is 0 Å². The lowest BCUT2D eigenvalue weighted by molar-refractivity contribution is 1.36. The summed E-state index contributed by atoms with van der Waals surface area (Å²) < 4.78 is 0. The Kier molecular flexibility index (Phi) is 1.27. The van der Waals surface area contributed by atoms with Crippen LogP contribution in [0.3, 0.4) is 0 Å². The van der Waals surface area contributed by atoms with Crippen LogP contribution in [0.5, 0.6) is 0 Å². The fourth-order valence-corrected chi connectivity index (χ4v) is 0.872. The van der Waals surface area contributed by atoms with E-state index in [4.69, 9.17) is 5.26 Å². The Labute approximate surface area is 51.4 Å². The second-order valence-electron chi connectivity index (χ2n) is 1.23. The zero-order chi connectivity index (χ0) is 5.98. The van der Waals surface area contributed by atoms with E-state index < -0.39 is 0 Å². The first-order chi connectivity index (χ1) is 3.83. The first-order valence-electron chi connectivity index (χ1n) is 2.01. The molecule has 0 aliphatic heterocycles. The zero-order valence-corrected chi connectivity index (χ0v) is 4.90. The van der Waals surface area contributed by atoms with E-state index in [1.165, 1.54) is 17.5 Å². The molecule has 0 unspecified atom stereocenters. The van der Waals surface area contributed by atoms with E-state index in [9.17, 15) is 0 Å². The first-order valence-corrected chi connectivity index (χ1v) is 2.82. The van der Waals surface area contributed by atoms with Gasteiger partial charge in [0.05, 0.1) is 11.2 Å². The van der Waals surface area contributed by atoms with Gasteiger partial charge >= 0.3 is 0 Å². The van der Waals surface area contributed by atoms with Gasteiger partial charge in [-0.15, -0.1) is 11.3 Å². The molecule has 1 aromatic rings. The minimum absolute atomic E-state index is 0.620. The van der Waals surface area contributed by atoms with Gasteiger partial charge in [-0.25, -0.2) is 4.98 Å². The van der Waals surface area contributed by atoms with Gasteiger partial charge in [0.2, 0.25) is 0 Å². The van der Waals surface area contributed by atoms with E-state index in [1.54, 1.807) is 0 Å². The van der Waals surface area contributed by atoms with Crippen LogP contribution in [0.2, 0.25) is 0 Å². The molecule has 0 saturated carbocycles. The van der Waals surface area contributed by atoms with Crippen molar-refractivity contribution in [3.05, 3.63) is 23.0 Å². The van der Waals surface area contributed by atoms with E-state index in [1.807, 2.05) is 6.07 Å². The van der Waals surface area contributed by atoms with Gasteiger partial charge < -0.3 is 0 Å². The summed E-state index contributed by atoms with van der Waals surface area (Å²) in [6.07, 6.45) is 1.52. The summed E-state index contributed by atoms with van der Waals surface area (Å²) >= 11 is 1.30. The zero-order valence-electron chi connectivity index (χ0n) is 4.09. The predicted octanol–water partition coefficient (Wildman–Crippen LogP) is 1.20. The van der Waals surface area contributed by atoms with Crippen molar-refractivity contribution in [2.45, 2.75) is 0 Å². The Hall–Kier alpha value is -0.880. The fourth-order valence-electron chi connectivity index (χ4n) is 0.362. The molecule has 1 rings (SSSR count). The molecule has 0 amide bonds. The van der Waals surface area contributed by atoms with E-state index in [2.05, 4.69) is 11.9 Å². The Bertz CT molecular complexity index is 221. The molecule has 2 nitrogen and oxygen atoms in total. The molecule has 8 heavy (non-hydrogen) atoms. The maximum absolute atomic E-state index is 8.24. The third-order valence-corrected chi connectivity index (χ3v) is 1.42. The van der Waals surface area contributed by atoms with E-state index in [0.717, 1.165) is 0 Å². The molecule has 3 heteroatoms. The van der Waals surface area contributed by atoms with Crippen LogP contribution in [0.25, 0.3) is 0 Å². The standard InChI is InChI=1S/C5H3N2S/c1-4-7-3-5(2-6)8-4/h3H,1H2. The number of nitriles is 1. The van der Waals surface area contributed by atoms with Gasteiger partial charge in [0.25, 0.3) is 0 Å². The lowest BCUT2D eigenvalue weighted by Gasteiger charge is -1.66. The SMILES string of the molecule is [CH2]c1ncc(C#N)s1. The quantitative estimate of drug-likeness (QED) is 0.519. The summed E-state index contributed by atoms with van der Waals surface area (Å²) in [5.74, 6) is 0. The summed E-state index contributed by atoms with van der Waals surface area (Å²) in [6.45, 7) is 3.55. The molecule has 1 radical (unpaired) electrons. The Morgan fingerprint density at radius 2 is 2.62 bits per heavy atom. The van der Waals surface area contributed by atoms with Crippen molar-refractivity contribution in [3.63, 3.8) is 0 Å². The third kappa shape index (κ3) is 0.849. The number of hydrogen-bond donors (Lipinski definition) is 0. The minimum Gasteiger partial charge on any atom is -0.248 e. The molecule has 0 atom stereocenters. The van der Waals surface area contributed by atoms with Gasteiger partial charge in [0, 0.05) is 6.92 Å². The Morgan fingerprint density at radius 3 is 2.88 bits per heavy atom. The predicted molar refractivity (Wildman–Crippen MR) is 31.3 cm³/mol. The summed E-state index contributed by atoms with van der Waals surface area (Å²) in [5.41, 5.74) is 0. The lowest BCUT2D eigenvalue weighted by Crippen LogP contribution is -1.57. The van der Waals surface area contributed by atoms with Crippen molar-refractivity contribution in [2.75, 3.05) is 0 Å². The molecule has 0 aromatic carbocycles. The first kappa shape index (κ1) is 5.26. The normalized spacial score (nSPS) is 8.50. The molecule has 39 valence electrons. The average Bonchev–Trinajstić information content (AvgIpc) is 2.14. The molecule has 0 N–H and O–H groups in total. The van der Waals surface area contributed by atoms with Crippen LogP contribution in [0.4, 0.5) is 0 Å². The van der Waals surface area contributed by atoms with Crippen LogP contribution in [-0.2, 0) is 0 Å². The highest BCUT2D eigenvalue weighted by Gasteiger charge is 1.91. The van der Waals surface area contributed by atoms with Crippen LogP contribution in [0.1, 0.15) is 9.88 Å². The summed E-state index contributed by atoms with van der Waals surface area (Å²) in [7, 11) is 0. The Morgan fingerprint density at radius 1 is 1.88 bits per heavy atom. The number of nitrogens with zero attached hydrogens (tertiary/aromatic N) is 2. The van der Waals surface area contributed by atoms with Crippen LogP contribution in [0.15, 0.2) is 6.20 Å². The van der Waals surface area contributed by atoms with Crippen LogP contribution in [-0.4, -0.2) is 4.98 Å². The van der Waals surface area contributed by atoms with E-state index >= 15 is 0 Å². The summed E-state index contributed by atoms with van der Waals surface area (Å²) in [5, 5.41) is 8.94. The topological polar surface area (TPSA) is 36.7 Å². The highest BCUT2D eigenvalue weighted by Crippen LogP contribution is 2.08. The van der Waals surface area contributed by atoms with Gasteiger partial charge in [-0.05, 0) is 0 Å². The highest BCUT2D eigenvalue weighted by molar-refractivity contribution is 7.12. The lowest BCUT2D eigenvalue weighted by atomic mass is 10.6. The fraction of sp³-hybridized carbons (Fsp3) is 0. The summed E-state index contributed by atoms with van der Waals surface area (Å²) in [6, 6.07) is 1.96. The molecule has 0 saturated heterocycles. The average molecular weight is 123 g/mol. The van der Waals surface area contributed by atoms with Crippen molar-refractivity contribution >= 4 is 11.3 Å². The van der Waals surface area contributed by atoms with Gasteiger partial charge in [-0.3, -0.25) is 0 Å². The number of thiazole rings is 1. The molecule has 1 aromatic heterocycles. The largest absolute Gasteiger partial charge is 0.248 e. The van der Waals surface area contributed by atoms with Crippen molar-refractivity contribution in [1.82, 2.24) is 4.98 Å². The smallest absolute Gasteiger partial charge is 0.124 e. The highest BCUT2D eigenvalue weighted by atomic mass is 32.1. The number of hydrogen-bond acceptors (Lipinski definition) is 3. The van der Waals surface area contributed by atoms with Crippen molar-refractivity contribution in [3.8, 4) is 6.07 Å². The molecule has 0 aliphatic rings. The van der Waals surface area contributed by atoms with Crippen LogP contribution >= 0.6 is 11.3 Å². The maximum atomic E-state index is 8.24. The second-order valence-corrected chi connectivity index (χ2v) is 2.35. The van der Waals surface area contributed by atoms with Gasteiger partial charge in [0.1, 0.15) is 10.9 Å². The molecule has 1 heterocycles. The molecular formula is C5H3N2S. The van der Waals surface area contributed by atoms with Gasteiger partial charge in [-0.1, -0.05) is 0 Å².